The average molecular weight is 407 g/mol. The molecule has 0 amide bonds. The molecule has 0 aliphatic carbocycles. The van der Waals surface area contributed by atoms with Gasteiger partial charge in [0, 0.05) is 5.02 Å². The van der Waals surface area contributed by atoms with Crippen LogP contribution in [0.3, 0.4) is 0 Å². The monoisotopic (exact) mass is 406 g/mol. The van der Waals surface area contributed by atoms with Crippen molar-refractivity contribution in [3.8, 4) is 11.4 Å². The van der Waals surface area contributed by atoms with Crippen LogP contribution in [0.4, 0.5) is 4.39 Å². The first-order valence-corrected chi connectivity index (χ1v) is 9.24. The number of hydrogen-bond donors (Lipinski definition) is 0. The van der Waals surface area contributed by atoms with Crippen molar-refractivity contribution in [2.75, 3.05) is 7.11 Å². The molecule has 4 aromatic rings. The Balaban J connectivity index is 1.98. The van der Waals surface area contributed by atoms with Crippen LogP contribution >= 0.6 is 11.6 Å². The number of halogens is 2. The van der Waals surface area contributed by atoms with Crippen LogP contribution in [0.25, 0.3) is 28.7 Å². The number of benzene rings is 3. The van der Waals surface area contributed by atoms with Crippen LogP contribution in [0.15, 0.2) is 71.5 Å². The van der Waals surface area contributed by atoms with E-state index in [4.69, 9.17) is 16.3 Å². The fourth-order valence-electron chi connectivity index (χ4n) is 3.08. The number of nitrogens with zero attached hydrogens (tertiary/aromatic N) is 2. The van der Waals surface area contributed by atoms with E-state index in [9.17, 15) is 9.18 Å². The summed E-state index contributed by atoms with van der Waals surface area (Å²) in [6, 6.07) is 18.2. The van der Waals surface area contributed by atoms with E-state index < -0.39 is 0 Å². The molecule has 0 radical (unpaired) electrons. The summed E-state index contributed by atoms with van der Waals surface area (Å²) in [5.41, 5.74) is 1.60. The molecule has 0 aliphatic rings. The second-order valence-electron chi connectivity index (χ2n) is 6.33. The van der Waals surface area contributed by atoms with Crippen molar-refractivity contribution in [3.63, 3.8) is 0 Å². The van der Waals surface area contributed by atoms with Crippen molar-refractivity contribution in [3.05, 3.63) is 99.3 Å². The second-order valence-corrected chi connectivity index (χ2v) is 6.77. The standard InChI is InChI=1S/C23H16ClFN2O2/c1-29-21-12-9-16(24)14-20(21)27-22(13-8-15-6-10-17(25)11-7-15)26-19-5-3-2-4-18(19)23(27)28/h2-14H,1H3. The van der Waals surface area contributed by atoms with Crippen molar-refractivity contribution in [1.29, 1.82) is 0 Å². The number of rotatable bonds is 4. The average Bonchev–Trinajstić information content (AvgIpc) is 2.73. The van der Waals surface area contributed by atoms with Gasteiger partial charge in [-0.25, -0.2) is 9.37 Å². The van der Waals surface area contributed by atoms with Crippen molar-refractivity contribution < 1.29 is 9.13 Å². The summed E-state index contributed by atoms with van der Waals surface area (Å²) in [6.45, 7) is 0. The summed E-state index contributed by atoms with van der Waals surface area (Å²) in [4.78, 5) is 18.0. The van der Waals surface area contributed by atoms with Crippen LogP contribution in [-0.2, 0) is 0 Å². The summed E-state index contributed by atoms with van der Waals surface area (Å²) < 4.78 is 20.1. The Morgan fingerprint density at radius 1 is 1.03 bits per heavy atom. The molecular weight excluding hydrogens is 391 g/mol. The summed E-state index contributed by atoms with van der Waals surface area (Å²) in [5, 5.41) is 0.947. The number of ether oxygens (including phenoxy) is 1. The third-order valence-electron chi connectivity index (χ3n) is 4.48. The van der Waals surface area contributed by atoms with E-state index in [1.807, 2.05) is 6.07 Å². The van der Waals surface area contributed by atoms with Gasteiger partial charge in [0.05, 0.1) is 23.7 Å². The Hall–Kier alpha value is -3.44. The fourth-order valence-corrected chi connectivity index (χ4v) is 3.24. The van der Waals surface area contributed by atoms with Crippen LogP contribution in [0.2, 0.25) is 5.02 Å². The van der Waals surface area contributed by atoms with E-state index in [1.165, 1.54) is 23.8 Å². The predicted molar refractivity (Wildman–Crippen MR) is 114 cm³/mol. The number of methoxy groups -OCH3 is 1. The molecule has 0 fully saturated rings. The second kappa shape index (κ2) is 7.89. The van der Waals surface area contributed by atoms with Crippen molar-refractivity contribution in [2.24, 2.45) is 0 Å². The highest BCUT2D eigenvalue weighted by atomic mass is 35.5. The Labute approximate surface area is 171 Å². The molecule has 6 heteroatoms. The molecule has 0 spiro atoms. The Bertz CT molecular complexity index is 1280. The van der Waals surface area contributed by atoms with Gasteiger partial charge in [-0.1, -0.05) is 41.9 Å². The molecule has 0 bridgehead atoms. The third kappa shape index (κ3) is 3.77. The first-order valence-electron chi connectivity index (χ1n) is 8.86. The van der Waals surface area contributed by atoms with Crippen molar-refractivity contribution >= 4 is 34.7 Å². The predicted octanol–water partition coefficient (Wildman–Crippen LogP) is 5.36. The number of fused-ring (bicyclic) bond motifs is 1. The van der Waals surface area contributed by atoms with Crippen LogP contribution in [0.5, 0.6) is 5.75 Å². The lowest BCUT2D eigenvalue weighted by Gasteiger charge is -2.15. The molecule has 0 saturated carbocycles. The molecule has 144 valence electrons. The van der Waals surface area contributed by atoms with Gasteiger partial charge in [-0.2, -0.15) is 0 Å². The van der Waals surface area contributed by atoms with Crippen molar-refractivity contribution in [2.45, 2.75) is 0 Å². The zero-order valence-corrected chi connectivity index (χ0v) is 16.2. The first-order chi connectivity index (χ1) is 14.1. The molecule has 0 aliphatic heterocycles. The first kappa shape index (κ1) is 18.9. The molecule has 1 aromatic heterocycles. The normalized spacial score (nSPS) is 11.3. The van der Waals surface area contributed by atoms with Gasteiger partial charge < -0.3 is 4.74 Å². The van der Waals surface area contributed by atoms with Crippen molar-refractivity contribution in [1.82, 2.24) is 9.55 Å². The lowest BCUT2D eigenvalue weighted by atomic mass is 10.2. The zero-order chi connectivity index (χ0) is 20.4. The molecule has 0 saturated heterocycles. The van der Waals surface area contributed by atoms with Gasteiger partial charge >= 0.3 is 0 Å². The van der Waals surface area contributed by atoms with Crippen LogP contribution < -0.4 is 10.3 Å². The highest BCUT2D eigenvalue weighted by Crippen LogP contribution is 2.27. The third-order valence-corrected chi connectivity index (χ3v) is 4.71. The van der Waals surface area contributed by atoms with Crippen LogP contribution in [0.1, 0.15) is 11.4 Å². The number of hydrogen-bond acceptors (Lipinski definition) is 3. The summed E-state index contributed by atoms with van der Waals surface area (Å²) in [6.07, 6.45) is 3.48. The zero-order valence-electron chi connectivity index (χ0n) is 15.5. The van der Waals surface area contributed by atoms with Gasteiger partial charge in [-0.3, -0.25) is 9.36 Å². The Kier molecular flexibility index (Phi) is 5.14. The topological polar surface area (TPSA) is 44.1 Å². The quantitative estimate of drug-likeness (QED) is 0.458. The fraction of sp³-hybridized carbons (Fsp3) is 0.0435. The minimum absolute atomic E-state index is 0.241. The SMILES string of the molecule is COc1ccc(Cl)cc1-n1c(C=Cc2ccc(F)cc2)nc2ccccc2c1=O. The maximum atomic E-state index is 13.3. The Morgan fingerprint density at radius 2 is 1.79 bits per heavy atom. The van der Waals surface area contributed by atoms with E-state index in [0.29, 0.717) is 33.2 Å². The van der Waals surface area contributed by atoms with E-state index in [2.05, 4.69) is 4.98 Å². The van der Waals surface area contributed by atoms with Gasteiger partial charge in [-0.15, -0.1) is 0 Å². The van der Waals surface area contributed by atoms with Crippen LogP contribution in [-0.4, -0.2) is 16.7 Å². The van der Waals surface area contributed by atoms with Gasteiger partial charge in [0.15, 0.2) is 0 Å². The number of aromatic nitrogens is 2. The molecule has 3 aromatic carbocycles. The minimum atomic E-state index is -0.313. The van der Waals surface area contributed by atoms with Crippen LogP contribution in [0, 0.1) is 5.82 Å². The molecule has 1 heterocycles. The Morgan fingerprint density at radius 3 is 2.55 bits per heavy atom. The molecule has 4 nitrogen and oxygen atoms in total. The van der Waals surface area contributed by atoms with E-state index in [1.54, 1.807) is 60.7 Å². The molecule has 29 heavy (non-hydrogen) atoms. The van der Waals surface area contributed by atoms with E-state index in [-0.39, 0.29) is 11.4 Å². The lowest BCUT2D eigenvalue weighted by Crippen LogP contribution is -2.22. The maximum absolute atomic E-state index is 13.3. The summed E-state index contributed by atoms with van der Waals surface area (Å²) >= 11 is 6.19. The minimum Gasteiger partial charge on any atom is -0.495 e. The molecule has 0 atom stereocenters. The van der Waals surface area contributed by atoms with E-state index >= 15 is 0 Å². The molecule has 0 unspecified atom stereocenters. The summed E-state index contributed by atoms with van der Waals surface area (Å²) in [7, 11) is 1.53. The van der Waals surface area contributed by atoms with Gasteiger partial charge in [0.1, 0.15) is 17.4 Å². The highest BCUT2D eigenvalue weighted by molar-refractivity contribution is 6.30. The molecular formula is C23H16ClFN2O2. The van der Waals surface area contributed by atoms with Gasteiger partial charge in [-0.05, 0) is 54.1 Å². The molecule has 4 rings (SSSR count). The van der Waals surface area contributed by atoms with Gasteiger partial charge in [0.2, 0.25) is 0 Å². The van der Waals surface area contributed by atoms with E-state index in [0.717, 1.165) is 5.56 Å². The van der Waals surface area contributed by atoms with Gasteiger partial charge in [0.25, 0.3) is 5.56 Å². The molecule has 0 N–H and O–H groups in total. The maximum Gasteiger partial charge on any atom is 0.266 e. The number of para-hydroxylation sites is 1. The smallest absolute Gasteiger partial charge is 0.266 e. The summed E-state index contributed by atoms with van der Waals surface area (Å²) in [5.74, 6) is 0.579. The largest absolute Gasteiger partial charge is 0.495 e. The lowest BCUT2D eigenvalue weighted by molar-refractivity contribution is 0.412. The highest BCUT2D eigenvalue weighted by Gasteiger charge is 2.15.